The number of carbonyl (C=O) groups is 1. The number of hydrogen-bond acceptors (Lipinski definition) is 4. The molecule has 0 aliphatic carbocycles. The van der Waals surface area contributed by atoms with Crippen molar-refractivity contribution >= 4 is 15.9 Å². The van der Waals surface area contributed by atoms with E-state index in [4.69, 9.17) is 4.74 Å². The van der Waals surface area contributed by atoms with Gasteiger partial charge in [-0.05, 0) is 39.7 Å². The van der Waals surface area contributed by atoms with Crippen LogP contribution in [-0.4, -0.2) is 43.4 Å². The molecule has 10 heteroatoms. The summed E-state index contributed by atoms with van der Waals surface area (Å²) in [5.74, 6) is -1.60. The zero-order valence-corrected chi connectivity index (χ0v) is 16.6. The summed E-state index contributed by atoms with van der Waals surface area (Å²) in [6, 6.07) is 3.87. The molecule has 1 aromatic rings. The lowest BCUT2D eigenvalue weighted by Gasteiger charge is -2.36. The number of amides is 1. The molecule has 1 heterocycles. The summed E-state index contributed by atoms with van der Waals surface area (Å²) >= 11 is 0. The average Bonchev–Trinajstić information content (AvgIpc) is 2.60. The van der Waals surface area contributed by atoms with E-state index >= 15 is 0 Å². The van der Waals surface area contributed by atoms with E-state index in [1.807, 2.05) is 0 Å². The third-order valence-corrected chi connectivity index (χ3v) is 6.42. The van der Waals surface area contributed by atoms with Gasteiger partial charge in [0.15, 0.2) is 0 Å². The van der Waals surface area contributed by atoms with Crippen LogP contribution in [0.25, 0.3) is 0 Å². The number of nitrogens with zero attached hydrogens (tertiary/aromatic N) is 1. The quantitative estimate of drug-likeness (QED) is 0.660. The Morgan fingerprint density at radius 3 is 2.18 bits per heavy atom. The standard InChI is InChI=1S/C18H23F4NO4S/c1-17(2,3)27-16(24)23-10-8-12(9-11-23)18(21,22)28(25,26)14-7-5-4-6-13(14)15(19)20/h4-7,12,15H,8-11H2,1-3H3. The summed E-state index contributed by atoms with van der Waals surface area (Å²) < 4.78 is 86.0. The van der Waals surface area contributed by atoms with E-state index in [2.05, 4.69) is 0 Å². The second kappa shape index (κ2) is 7.88. The van der Waals surface area contributed by atoms with Gasteiger partial charge in [-0.1, -0.05) is 18.2 Å². The maximum Gasteiger partial charge on any atom is 0.410 e. The van der Waals surface area contributed by atoms with Crippen molar-refractivity contribution in [2.45, 2.75) is 55.8 Å². The van der Waals surface area contributed by atoms with Crippen LogP contribution in [-0.2, 0) is 14.6 Å². The lowest BCUT2D eigenvalue weighted by molar-refractivity contribution is -0.0179. The number of likely N-dealkylation sites (tertiary alicyclic amines) is 1. The molecule has 28 heavy (non-hydrogen) atoms. The third kappa shape index (κ3) is 4.59. The molecule has 0 bridgehead atoms. The van der Waals surface area contributed by atoms with Crippen LogP contribution in [0.3, 0.4) is 0 Å². The number of hydrogen-bond donors (Lipinski definition) is 0. The van der Waals surface area contributed by atoms with Crippen molar-refractivity contribution in [2.75, 3.05) is 13.1 Å². The van der Waals surface area contributed by atoms with E-state index in [1.54, 1.807) is 20.8 Å². The first-order valence-corrected chi connectivity index (χ1v) is 10.2. The van der Waals surface area contributed by atoms with Crippen molar-refractivity contribution in [3.05, 3.63) is 29.8 Å². The van der Waals surface area contributed by atoms with Crippen molar-refractivity contribution < 1.29 is 35.5 Å². The molecule has 0 N–H and O–H groups in total. The van der Waals surface area contributed by atoms with Crippen LogP contribution in [0, 0.1) is 5.92 Å². The first kappa shape index (κ1) is 22.4. The number of ether oxygens (including phenoxy) is 1. The van der Waals surface area contributed by atoms with Gasteiger partial charge < -0.3 is 9.64 Å². The monoisotopic (exact) mass is 425 g/mol. The summed E-state index contributed by atoms with van der Waals surface area (Å²) in [6.07, 6.45) is -4.44. The minimum absolute atomic E-state index is 0.110. The van der Waals surface area contributed by atoms with Crippen LogP contribution < -0.4 is 0 Å². The Hall–Kier alpha value is -1.84. The number of piperidine rings is 1. The fourth-order valence-electron chi connectivity index (χ4n) is 3.00. The van der Waals surface area contributed by atoms with Crippen molar-refractivity contribution in [3.8, 4) is 0 Å². The molecule has 0 aromatic heterocycles. The Bertz CT molecular complexity index is 813. The minimum Gasteiger partial charge on any atom is -0.444 e. The molecule has 158 valence electrons. The zero-order valence-electron chi connectivity index (χ0n) is 15.8. The van der Waals surface area contributed by atoms with E-state index in [0.717, 1.165) is 24.3 Å². The fraction of sp³-hybridized carbons (Fsp3) is 0.611. The van der Waals surface area contributed by atoms with Gasteiger partial charge in [0.1, 0.15) is 5.60 Å². The van der Waals surface area contributed by atoms with Crippen LogP contribution in [0.4, 0.5) is 22.4 Å². The topological polar surface area (TPSA) is 63.7 Å². The molecule has 0 spiro atoms. The highest BCUT2D eigenvalue weighted by Gasteiger charge is 2.54. The highest BCUT2D eigenvalue weighted by Crippen LogP contribution is 2.43. The summed E-state index contributed by atoms with van der Waals surface area (Å²) in [7, 11) is -5.33. The maximum absolute atomic E-state index is 14.8. The zero-order chi connectivity index (χ0) is 21.3. The first-order valence-electron chi connectivity index (χ1n) is 8.75. The molecule has 1 aliphatic heterocycles. The number of benzene rings is 1. The van der Waals surface area contributed by atoms with Crippen LogP contribution >= 0.6 is 0 Å². The van der Waals surface area contributed by atoms with Crippen molar-refractivity contribution in [2.24, 2.45) is 5.92 Å². The van der Waals surface area contributed by atoms with Gasteiger partial charge in [-0.25, -0.2) is 22.0 Å². The lowest BCUT2D eigenvalue weighted by Crippen LogP contribution is -2.47. The summed E-state index contributed by atoms with van der Waals surface area (Å²) in [5, 5.41) is -4.24. The normalized spacial score (nSPS) is 17.1. The van der Waals surface area contributed by atoms with Gasteiger partial charge >= 0.3 is 11.3 Å². The summed E-state index contributed by atoms with van der Waals surface area (Å²) in [4.78, 5) is 12.2. The van der Waals surface area contributed by atoms with Crippen LogP contribution in [0.1, 0.15) is 45.6 Å². The van der Waals surface area contributed by atoms with Crippen molar-refractivity contribution in [1.29, 1.82) is 0 Å². The Labute approximate surface area is 161 Å². The molecule has 1 fully saturated rings. The van der Waals surface area contributed by atoms with Crippen molar-refractivity contribution in [1.82, 2.24) is 4.90 Å². The molecule has 0 atom stereocenters. The van der Waals surface area contributed by atoms with Crippen LogP contribution in [0.2, 0.25) is 0 Å². The van der Waals surface area contributed by atoms with Crippen LogP contribution in [0.5, 0.6) is 0 Å². The molecule has 0 saturated carbocycles. The SMILES string of the molecule is CC(C)(C)OC(=O)N1CCC(C(F)(F)S(=O)(=O)c2ccccc2C(F)F)CC1. The lowest BCUT2D eigenvalue weighted by atomic mass is 9.97. The first-order chi connectivity index (χ1) is 12.8. The molecule has 1 amide bonds. The minimum atomic E-state index is -5.33. The Kier molecular flexibility index (Phi) is 6.32. The number of carbonyl (C=O) groups excluding carboxylic acids is 1. The highest BCUT2D eigenvalue weighted by molar-refractivity contribution is 7.92. The molecule has 1 aliphatic rings. The Balaban J connectivity index is 2.19. The molecule has 0 radical (unpaired) electrons. The van der Waals surface area contributed by atoms with Gasteiger partial charge in [0, 0.05) is 24.6 Å². The van der Waals surface area contributed by atoms with Gasteiger partial charge in [0.2, 0.25) is 9.84 Å². The highest BCUT2D eigenvalue weighted by atomic mass is 32.2. The molecule has 1 saturated heterocycles. The van der Waals surface area contributed by atoms with Gasteiger partial charge in [-0.2, -0.15) is 8.78 Å². The fourth-order valence-corrected chi connectivity index (χ4v) is 4.69. The van der Waals surface area contributed by atoms with E-state index in [0.29, 0.717) is 0 Å². The number of rotatable bonds is 4. The molecule has 1 aromatic carbocycles. The van der Waals surface area contributed by atoms with Gasteiger partial charge in [-0.15, -0.1) is 0 Å². The predicted molar refractivity (Wildman–Crippen MR) is 94.1 cm³/mol. The number of sulfone groups is 1. The third-order valence-electron chi connectivity index (χ3n) is 4.42. The summed E-state index contributed by atoms with van der Waals surface area (Å²) in [6.45, 7) is 4.78. The second-order valence-corrected chi connectivity index (χ2v) is 9.64. The smallest absolute Gasteiger partial charge is 0.410 e. The van der Waals surface area contributed by atoms with E-state index in [-0.39, 0.29) is 25.9 Å². The van der Waals surface area contributed by atoms with Crippen LogP contribution in [0.15, 0.2) is 29.2 Å². The predicted octanol–water partition coefficient (Wildman–Crippen LogP) is 4.64. The van der Waals surface area contributed by atoms with E-state index in [1.165, 1.54) is 4.90 Å². The summed E-state index contributed by atoms with van der Waals surface area (Å²) in [5.41, 5.74) is -1.70. The average molecular weight is 425 g/mol. The molecule has 2 rings (SSSR count). The Morgan fingerprint density at radius 1 is 1.14 bits per heavy atom. The van der Waals surface area contributed by atoms with Crippen molar-refractivity contribution in [3.63, 3.8) is 0 Å². The molecule has 0 unspecified atom stereocenters. The number of alkyl halides is 4. The molecular formula is C18H23F4NO4S. The molecule has 5 nitrogen and oxygen atoms in total. The van der Waals surface area contributed by atoms with E-state index in [9.17, 15) is 30.8 Å². The largest absolute Gasteiger partial charge is 0.444 e. The second-order valence-electron chi connectivity index (χ2n) is 7.65. The number of halogens is 4. The van der Waals surface area contributed by atoms with Gasteiger partial charge in [0.05, 0.1) is 4.90 Å². The molecular weight excluding hydrogens is 402 g/mol. The van der Waals surface area contributed by atoms with Gasteiger partial charge in [-0.3, -0.25) is 0 Å². The van der Waals surface area contributed by atoms with E-state index < -0.39 is 49.6 Å². The maximum atomic E-state index is 14.8. The Morgan fingerprint density at radius 2 is 1.68 bits per heavy atom. The van der Waals surface area contributed by atoms with Gasteiger partial charge in [0.25, 0.3) is 6.43 Å².